The van der Waals surface area contributed by atoms with Crippen molar-refractivity contribution in [3.05, 3.63) is 120 Å². The number of hydrogen-bond donors (Lipinski definition) is 2. The molecule has 3 heterocycles. The van der Waals surface area contributed by atoms with Gasteiger partial charge in [-0.1, -0.05) is 72.8 Å². The summed E-state index contributed by atoms with van der Waals surface area (Å²) >= 11 is 0. The van der Waals surface area contributed by atoms with Crippen LogP contribution in [0.15, 0.2) is 103 Å². The number of benzene rings is 3. The third-order valence-corrected chi connectivity index (χ3v) is 7.33. The van der Waals surface area contributed by atoms with E-state index >= 15 is 0 Å². The Morgan fingerprint density at radius 3 is 2.29 bits per heavy atom. The van der Waals surface area contributed by atoms with Gasteiger partial charge in [0.05, 0.1) is 6.20 Å². The van der Waals surface area contributed by atoms with Crippen LogP contribution in [0.4, 0.5) is 0 Å². The van der Waals surface area contributed by atoms with Crippen molar-refractivity contribution in [1.29, 1.82) is 0 Å². The van der Waals surface area contributed by atoms with E-state index < -0.39 is 11.9 Å². The number of nitrogens with zero attached hydrogens (tertiary/aromatic N) is 4. The van der Waals surface area contributed by atoms with Gasteiger partial charge < -0.3 is 20.3 Å². The molecule has 0 unspecified atom stereocenters. The Kier molecular flexibility index (Phi) is 8.19. The van der Waals surface area contributed by atoms with E-state index in [1.807, 2.05) is 89.8 Å². The van der Waals surface area contributed by atoms with Gasteiger partial charge in [-0.25, -0.2) is 9.50 Å². The molecule has 9 heteroatoms. The molecule has 42 heavy (non-hydrogen) atoms. The highest BCUT2D eigenvalue weighted by molar-refractivity contribution is 5.97. The standard InChI is InChI=1S/C33H32N6O3/c40-32(37-30(21-24-7-3-1-4-8-24)33(41)38-19-16-34-17-20-38)29-15-18-39-31(36-29)28(22-35-39)26-11-13-27(14-12-26)42-23-25-9-5-2-6-10-25/h1-15,18,22,30,34H,16-17,19-21,23H2,(H,37,40)/t30-/m1/s1. The number of carbonyl (C=O) groups excluding carboxylic acids is 2. The Labute approximate surface area is 244 Å². The van der Waals surface area contributed by atoms with E-state index in [1.54, 1.807) is 23.0 Å². The van der Waals surface area contributed by atoms with Crippen molar-refractivity contribution >= 4 is 17.5 Å². The van der Waals surface area contributed by atoms with Gasteiger partial charge in [-0.3, -0.25) is 9.59 Å². The first-order chi connectivity index (χ1) is 20.6. The van der Waals surface area contributed by atoms with Gasteiger partial charge in [0.25, 0.3) is 5.91 Å². The SMILES string of the molecule is O=C(N[C@H](Cc1ccccc1)C(=O)N1CCNCC1)c1ccn2ncc(-c3ccc(OCc4ccccc4)cc3)c2n1. The van der Waals surface area contributed by atoms with Gasteiger partial charge in [-0.05, 0) is 34.9 Å². The molecule has 1 aliphatic heterocycles. The normalized spacial score (nSPS) is 14.0. The van der Waals surface area contributed by atoms with Crippen molar-refractivity contribution in [2.24, 2.45) is 0 Å². The molecular formula is C33H32N6O3. The van der Waals surface area contributed by atoms with Crippen molar-refractivity contribution in [2.45, 2.75) is 19.1 Å². The van der Waals surface area contributed by atoms with Crippen LogP contribution >= 0.6 is 0 Å². The highest BCUT2D eigenvalue weighted by Gasteiger charge is 2.28. The largest absolute Gasteiger partial charge is 0.489 e. The number of hydrogen-bond acceptors (Lipinski definition) is 6. The van der Waals surface area contributed by atoms with Crippen LogP contribution in [-0.4, -0.2) is 63.5 Å². The molecule has 6 rings (SSSR count). The second-order valence-corrected chi connectivity index (χ2v) is 10.2. The summed E-state index contributed by atoms with van der Waals surface area (Å²) in [5, 5.41) is 10.7. The molecule has 0 radical (unpaired) electrons. The molecule has 1 saturated heterocycles. The molecule has 3 aromatic carbocycles. The number of fused-ring (bicyclic) bond motifs is 1. The Morgan fingerprint density at radius 1 is 0.881 bits per heavy atom. The summed E-state index contributed by atoms with van der Waals surface area (Å²) in [6, 6.07) is 28.4. The lowest BCUT2D eigenvalue weighted by molar-refractivity contribution is -0.133. The topological polar surface area (TPSA) is 101 Å². The summed E-state index contributed by atoms with van der Waals surface area (Å²) in [5.41, 5.74) is 4.53. The number of nitrogens with one attached hydrogen (secondary N) is 2. The minimum absolute atomic E-state index is 0.0885. The second kappa shape index (κ2) is 12.7. The van der Waals surface area contributed by atoms with Gasteiger partial charge in [0.2, 0.25) is 5.91 Å². The van der Waals surface area contributed by atoms with Gasteiger partial charge in [0.1, 0.15) is 24.1 Å². The van der Waals surface area contributed by atoms with Gasteiger partial charge in [0.15, 0.2) is 5.65 Å². The quantitative estimate of drug-likeness (QED) is 0.285. The summed E-state index contributed by atoms with van der Waals surface area (Å²) in [5.74, 6) is 0.263. The average Bonchev–Trinajstić information content (AvgIpc) is 3.48. The van der Waals surface area contributed by atoms with Gasteiger partial charge in [-0.15, -0.1) is 0 Å². The maximum Gasteiger partial charge on any atom is 0.270 e. The maximum absolute atomic E-state index is 13.5. The fourth-order valence-electron chi connectivity index (χ4n) is 5.06. The van der Waals surface area contributed by atoms with Gasteiger partial charge in [-0.2, -0.15) is 5.10 Å². The number of rotatable bonds is 9. The molecule has 9 nitrogen and oxygen atoms in total. The van der Waals surface area contributed by atoms with Crippen LogP contribution in [0, 0.1) is 0 Å². The van der Waals surface area contributed by atoms with Gasteiger partial charge in [0, 0.05) is 44.4 Å². The summed E-state index contributed by atoms with van der Waals surface area (Å²) < 4.78 is 7.56. The molecule has 0 saturated carbocycles. The highest BCUT2D eigenvalue weighted by Crippen LogP contribution is 2.26. The predicted molar refractivity (Wildman–Crippen MR) is 160 cm³/mol. The molecule has 1 fully saturated rings. The number of piperazine rings is 1. The first-order valence-corrected chi connectivity index (χ1v) is 14.1. The molecular weight excluding hydrogens is 528 g/mol. The van der Waals surface area contributed by atoms with Crippen LogP contribution in [-0.2, 0) is 17.8 Å². The number of carbonyl (C=O) groups is 2. The molecule has 0 aliphatic carbocycles. The van der Waals surface area contributed by atoms with Crippen LogP contribution in [0.25, 0.3) is 16.8 Å². The highest BCUT2D eigenvalue weighted by atomic mass is 16.5. The Balaban J connectivity index is 1.20. The summed E-state index contributed by atoms with van der Waals surface area (Å²) in [6.45, 7) is 3.18. The van der Waals surface area contributed by atoms with E-state index in [0.717, 1.165) is 41.1 Å². The van der Waals surface area contributed by atoms with Crippen molar-refractivity contribution in [3.8, 4) is 16.9 Å². The molecule has 2 N–H and O–H groups in total. The van der Waals surface area contributed by atoms with E-state index in [0.29, 0.717) is 31.8 Å². The number of ether oxygens (including phenoxy) is 1. The summed E-state index contributed by atoms with van der Waals surface area (Å²) in [4.78, 5) is 33.4. The van der Waals surface area contributed by atoms with E-state index in [-0.39, 0.29) is 11.6 Å². The predicted octanol–water partition coefficient (Wildman–Crippen LogP) is 3.75. The van der Waals surface area contributed by atoms with Crippen LogP contribution in [0.2, 0.25) is 0 Å². The fraction of sp³-hybridized carbons (Fsp3) is 0.212. The van der Waals surface area contributed by atoms with Crippen LogP contribution in [0.5, 0.6) is 5.75 Å². The van der Waals surface area contributed by atoms with E-state index in [2.05, 4.69) is 20.7 Å². The minimum Gasteiger partial charge on any atom is -0.489 e. The third-order valence-electron chi connectivity index (χ3n) is 7.33. The Bertz CT molecular complexity index is 1650. The average molecular weight is 561 g/mol. The third kappa shape index (κ3) is 6.31. The molecule has 1 atom stereocenters. The molecule has 5 aromatic rings. The van der Waals surface area contributed by atoms with Gasteiger partial charge >= 0.3 is 0 Å². The molecule has 2 amide bonds. The Hall–Kier alpha value is -5.02. The van der Waals surface area contributed by atoms with E-state index in [1.165, 1.54) is 0 Å². The van der Waals surface area contributed by atoms with Crippen LogP contribution in [0.1, 0.15) is 21.6 Å². The Morgan fingerprint density at radius 2 is 1.57 bits per heavy atom. The maximum atomic E-state index is 13.5. The van der Waals surface area contributed by atoms with E-state index in [4.69, 9.17) is 4.74 Å². The zero-order valence-corrected chi connectivity index (χ0v) is 23.1. The molecule has 212 valence electrons. The molecule has 0 bridgehead atoms. The first-order valence-electron chi connectivity index (χ1n) is 14.1. The lowest BCUT2D eigenvalue weighted by atomic mass is 10.0. The first kappa shape index (κ1) is 27.2. The second-order valence-electron chi connectivity index (χ2n) is 10.2. The monoisotopic (exact) mass is 560 g/mol. The zero-order valence-electron chi connectivity index (χ0n) is 23.1. The lowest BCUT2D eigenvalue weighted by Crippen LogP contribution is -2.54. The van der Waals surface area contributed by atoms with Crippen molar-refractivity contribution in [1.82, 2.24) is 30.1 Å². The van der Waals surface area contributed by atoms with Crippen LogP contribution in [0.3, 0.4) is 0 Å². The molecule has 1 aliphatic rings. The molecule has 0 spiro atoms. The summed E-state index contributed by atoms with van der Waals surface area (Å²) in [6.07, 6.45) is 3.84. The van der Waals surface area contributed by atoms with Crippen molar-refractivity contribution in [2.75, 3.05) is 26.2 Å². The number of amides is 2. The lowest BCUT2D eigenvalue weighted by Gasteiger charge is -2.31. The molecule has 2 aromatic heterocycles. The fourth-order valence-corrected chi connectivity index (χ4v) is 5.06. The minimum atomic E-state index is -0.705. The number of aromatic nitrogens is 3. The van der Waals surface area contributed by atoms with E-state index in [9.17, 15) is 9.59 Å². The smallest absolute Gasteiger partial charge is 0.270 e. The summed E-state index contributed by atoms with van der Waals surface area (Å²) in [7, 11) is 0. The van der Waals surface area contributed by atoms with Crippen molar-refractivity contribution in [3.63, 3.8) is 0 Å². The van der Waals surface area contributed by atoms with Crippen molar-refractivity contribution < 1.29 is 14.3 Å². The van der Waals surface area contributed by atoms with Crippen LogP contribution < -0.4 is 15.4 Å². The zero-order chi connectivity index (χ0) is 28.7.